The molecule has 0 aromatic heterocycles. The first kappa shape index (κ1) is 22.9. The van der Waals surface area contributed by atoms with Gasteiger partial charge in [-0.15, -0.1) is 0 Å². The molecule has 7 nitrogen and oxygen atoms in total. The molecule has 2 rings (SSSR count). The number of para-hydroxylation sites is 2. The van der Waals surface area contributed by atoms with Crippen molar-refractivity contribution in [3.05, 3.63) is 59.2 Å². The highest BCUT2D eigenvalue weighted by molar-refractivity contribution is 5.93. The number of likely N-dealkylation sites (N-methyl/N-ethyl adjacent to an activating group) is 1. The molecule has 0 atom stereocenters. The summed E-state index contributed by atoms with van der Waals surface area (Å²) in [5, 5.41) is 6.70. The standard InChI is InChI=1S/C23H29N3O4/c1-5-26(6-2)22(28)16-29-20-13-8-7-12-19(20)14-24-30-15-21(27)25-23-17(3)10-9-11-18(23)4/h7-14H,5-6,15-16H2,1-4H3,(H,25,27). The van der Waals surface area contributed by atoms with Crippen LogP contribution in [0.15, 0.2) is 47.6 Å². The van der Waals surface area contributed by atoms with Gasteiger partial charge in [0.2, 0.25) is 0 Å². The molecule has 2 amide bonds. The van der Waals surface area contributed by atoms with Crippen LogP contribution >= 0.6 is 0 Å². The van der Waals surface area contributed by atoms with Crippen molar-refractivity contribution >= 4 is 23.7 Å². The molecule has 0 unspecified atom stereocenters. The monoisotopic (exact) mass is 411 g/mol. The van der Waals surface area contributed by atoms with Gasteiger partial charge in [-0.05, 0) is 51.0 Å². The van der Waals surface area contributed by atoms with Gasteiger partial charge in [-0.25, -0.2) is 0 Å². The highest BCUT2D eigenvalue weighted by Crippen LogP contribution is 2.19. The van der Waals surface area contributed by atoms with Gasteiger partial charge >= 0.3 is 0 Å². The number of carbonyl (C=O) groups excluding carboxylic acids is 2. The molecule has 0 radical (unpaired) electrons. The summed E-state index contributed by atoms with van der Waals surface area (Å²) in [6, 6.07) is 13.0. The van der Waals surface area contributed by atoms with E-state index in [1.54, 1.807) is 17.0 Å². The molecule has 1 N–H and O–H groups in total. The van der Waals surface area contributed by atoms with Crippen molar-refractivity contribution < 1.29 is 19.2 Å². The Labute approximate surface area is 177 Å². The van der Waals surface area contributed by atoms with Crippen molar-refractivity contribution in [3.8, 4) is 5.75 Å². The van der Waals surface area contributed by atoms with E-state index in [1.165, 1.54) is 6.21 Å². The van der Waals surface area contributed by atoms with E-state index < -0.39 is 0 Å². The highest BCUT2D eigenvalue weighted by Gasteiger charge is 2.11. The number of nitrogens with zero attached hydrogens (tertiary/aromatic N) is 2. The zero-order chi connectivity index (χ0) is 21.9. The number of carbonyl (C=O) groups is 2. The van der Waals surface area contributed by atoms with Crippen molar-refractivity contribution in [3.63, 3.8) is 0 Å². The number of amides is 2. The summed E-state index contributed by atoms with van der Waals surface area (Å²) in [5.41, 5.74) is 3.40. The molecular formula is C23H29N3O4. The van der Waals surface area contributed by atoms with E-state index in [4.69, 9.17) is 9.57 Å². The van der Waals surface area contributed by atoms with Crippen molar-refractivity contribution in [2.45, 2.75) is 27.7 Å². The number of benzene rings is 2. The van der Waals surface area contributed by atoms with Crippen molar-refractivity contribution in [2.75, 3.05) is 31.6 Å². The molecule has 160 valence electrons. The summed E-state index contributed by atoms with van der Waals surface area (Å²) in [4.78, 5) is 31.1. The van der Waals surface area contributed by atoms with Gasteiger partial charge in [-0.2, -0.15) is 0 Å². The third-order valence-electron chi connectivity index (χ3n) is 4.59. The lowest BCUT2D eigenvalue weighted by Gasteiger charge is -2.19. The summed E-state index contributed by atoms with van der Waals surface area (Å²) >= 11 is 0. The minimum atomic E-state index is -0.293. The average molecular weight is 412 g/mol. The van der Waals surface area contributed by atoms with Gasteiger partial charge in [-0.1, -0.05) is 35.5 Å². The van der Waals surface area contributed by atoms with Crippen LogP contribution in [0.5, 0.6) is 5.75 Å². The first-order valence-corrected chi connectivity index (χ1v) is 9.97. The SMILES string of the molecule is CCN(CC)C(=O)COc1ccccc1C=NOCC(=O)Nc1c(C)cccc1C. The third-order valence-corrected chi connectivity index (χ3v) is 4.59. The second-order valence-corrected chi connectivity index (χ2v) is 6.72. The third kappa shape index (κ3) is 6.62. The van der Waals surface area contributed by atoms with Gasteiger partial charge in [0, 0.05) is 24.3 Å². The molecule has 0 heterocycles. The summed E-state index contributed by atoms with van der Waals surface area (Å²) in [5.74, 6) is 0.149. The van der Waals surface area contributed by atoms with Crippen LogP contribution in [0.4, 0.5) is 5.69 Å². The Bertz CT molecular complexity index is 872. The number of ether oxygens (including phenoxy) is 1. The second-order valence-electron chi connectivity index (χ2n) is 6.72. The van der Waals surface area contributed by atoms with E-state index in [9.17, 15) is 9.59 Å². The predicted molar refractivity (Wildman–Crippen MR) is 118 cm³/mol. The van der Waals surface area contributed by atoms with Crippen molar-refractivity contribution in [2.24, 2.45) is 5.16 Å². The van der Waals surface area contributed by atoms with Crippen LogP contribution in [0.1, 0.15) is 30.5 Å². The quantitative estimate of drug-likeness (QED) is 0.479. The van der Waals surface area contributed by atoms with Gasteiger partial charge in [0.1, 0.15) is 5.75 Å². The van der Waals surface area contributed by atoms with Gasteiger partial charge in [0.15, 0.2) is 13.2 Å². The van der Waals surface area contributed by atoms with E-state index >= 15 is 0 Å². The van der Waals surface area contributed by atoms with Crippen LogP contribution in [0.3, 0.4) is 0 Å². The van der Waals surface area contributed by atoms with Crippen LogP contribution < -0.4 is 10.1 Å². The summed E-state index contributed by atoms with van der Waals surface area (Å²) in [6.07, 6.45) is 1.46. The summed E-state index contributed by atoms with van der Waals surface area (Å²) < 4.78 is 5.65. The molecule has 2 aromatic rings. The maximum absolute atomic E-state index is 12.1. The Morgan fingerprint density at radius 2 is 1.67 bits per heavy atom. The maximum atomic E-state index is 12.1. The number of aryl methyl sites for hydroxylation is 2. The molecule has 0 saturated heterocycles. The largest absolute Gasteiger partial charge is 0.483 e. The van der Waals surface area contributed by atoms with Crippen LogP contribution in [0.2, 0.25) is 0 Å². The Hall–Kier alpha value is -3.35. The van der Waals surface area contributed by atoms with Crippen LogP contribution in [-0.4, -0.2) is 49.2 Å². The van der Waals surface area contributed by atoms with E-state index in [2.05, 4.69) is 10.5 Å². The fraction of sp³-hybridized carbons (Fsp3) is 0.348. The normalized spacial score (nSPS) is 10.7. The number of oxime groups is 1. The summed E-state index contributed by atoms with van der Waals surface area (Å²) in [6.45, 7) is 8.73. The minimum absolute atomic E-state index is 0.0500. The molecule has 2 aromatic carbocycles. The number of hydrogen-bond acceptors (Lipinski definition) is 5. The van der Waals surface area contributed by atoms with Crippen molar-refractivity contribution in [1.82, 2.24) is 4.90 Å². The first-order chi connectivity index (χ1) is 14.5. The molecule has 7 heteroatoms. The number of nitrogens with one attached hydrogen (secondary N) is 1. The zero-order valence-electron chi connectivity index (χ0n) is 18.0. The molecule has 0 fully saturated rings. The lowest BCUT2D eigenvalue weighted by atomic mass is 10.1. The predicted octanol–water partition coefficient (Wildman–Crippen LogP) is 3.54. The smallest absolute Gasteiger partial charge is 0.265 e. The van der Waals surface area contributed by atoms with E-state index in [0.29, 0.717) is 24.4 Å². The number of rotatable bonds is 10. The Kier molecular flexibility index (Phi) is 8.87. The van der Waals surface area contributed by atoms with Crippen LogP contribution in [0, 0.1) is 13.8 Å². The highest BCUT2D eigenvalue weighted by atomic mass is 16.6. The van der Waals surface area contributed by atoms with Crippen LogP contribution in [0.25, 0.3) is 0 Å². The molecule has 0 saturated carbocycles. The Morgan fingerprint density at radius 1 is 1.00 bits per heavy atom. The second kappa shape index (κ2) is 11.6. The van der Waals surface area contributed by atoms with Gasteiger partial charge in [0.25, 0.3) is 11.8 Å². The molecule has 0 aliphatic heterocycles. The molecular weight excluding hydrogens is 382 g/mol. The van der Waals surface area contributed by atoms with Crippen LogP contribution in [-0.2, 0) is 14.4 Å². The van der Waals surface area contributed by atoms with Gasteiger partial charge in [0.05, 0.1) is 6.21 Å². The Morgan fingerprint density at radius 3 is 2.33 bits per heavy atom. The Balaban J connectivity index is 1.89. The fourth-order valence-electron chi connectivity index (χ4n) is 2.90. The fourth-order valence-corrected chi connectivity index (χ4v) is 2.90. The molecule has 0 aliphatic rings. The van der Waals surface area contributed by atoms with Gasteiger partial charge in [-0.3, -0.25) is 9.59 Å². The number of hydrogen-bond donors (Lipinski definition) is 1. The van der Waals surface area contributed by atoms with E-state index in [0.717, 1.165) is 16.8 Å². The van der Waals surface area contributed by atoms with Gasteiger partial charge < -0.3 is 19.8 Å². The minimum Gasteiger partial charge on any atom is -0.483 e. The first-order valence-electron chi connectivity index (χ1n) is 9.97. The van der Waals surface area contributed by atoms with E-state index in [1.807, 2.05) is 58.0 Å². The molecule has 0 spiro atoms. The lowest BCUT2D eigenvalue weighted by Crippen LogP contribution is -2.34. The molecule has 0 aliphatic carbocycles. The zero-order valence-corrected chi connectivity index (χ0v) is 18.0. The topological polar surface area (TPSA) is 80.2 Å². The lowest BCUT2D eigenvalue weighted by molar-refractivity contribution is -0.133. The van der Waals surface area contributed by atoms with E-state index in [-0.39, 0.29) is 25.0 Å². The van der Waals surface area contributed by atoms with Crippen molar-refractivity contribution in [1.29, 1.82) is 0 Å². The molecule has 0 bridgehead atoms. The molecule has 30 heavy (non-hydrogen) atoms. The number of anilines is 1. The maximum Gasteiger partial charge on any atom is 0.265 e. The summed E-state index contributed by atoms with van der Waals surface area (Å²) in [7, 11) is 0. The average Bonchev–Trinajstić information content (AvgIpc) is 2.74.